The van der Waals surface area contributed by atoms with Crippen molar-refractivity contribution in [2.75, 3.05) is 7.11 Å². The SMILES string of the molecule is COc1ccccc1/C(N)=C/n1ccs1. The standard InChI is InChI=1S/C11H12N2OS/c1-14-11-5-3-2-4-9(11)10(12)8-13-6-7-15-13/h2-8H,12H2,1H3/b10-8-. The average Bonchev–Trinajstić information content (AvgIpc) is 2.23. The fourth-order valence-electron chi connectivity index (χ4n) is 1.29. The second-order valence-corrected chi connectivity index (χ2v) is 3.94. The van der Waals surface area contributed by atoms with E-state index < -0.39 is 0 Å². The molecule has 0 bridgehead atoms. The summed E-state index contributed by atoms with van der Waals surface area (Å²) >= 11 is 1.60. The molecule has 0 radical (unpaired) electrons. The minimum atomic E-state index is 0.698. The van der Waals surface area contributed by atoms with E-state index in [9.17, 15) is 0 Å². The van der Waals surface area contributed by atoms with Crippen molar-refractivity contribution >= 4 is 23.4 Å². The first-order valence-corrected chi connectivity index (χ1v) is 5.37. The first-order valence-electron chi connectivity index (χ1n) is 4.54. The fraction of sp³-hybridized carbons (Fsp3) is 0.0909. The fourth-order valence-corrected chi connectivity index (χ4v) is 1.73. The van der Waals surface area contributed by atoms with Gasteiger partial charge in [0.2, 0.25) is 0 Å². The van der Waals surface area contributed by atoms with E-state index in [1.165, 1.54) is 0 Å². The number of ether oxygens (including phenoxy) is 1. The lowest BCUT2D eigenvalue weighted by Gasteiger charge is -2.09. The van der Waals surface area contributed by atoms with Gasteiger partial charge in [0.15, 0.2) is 0 Å². The van der Waals surface area contributed by atoms with Crippen LogP contribution in [0.3, 0.4) is 0 Å². The molecule has 2 rings (SSSR count). The van der Waals surface area contributed by atoms with Crippen molar-refractivity contribution < 1.29 is 4.74 Å². The molecule has 2 aromatic rings. The zero-order chi connectivity index (χ0) is 10.7. The number of rotatable bonds is 3. The minimum Gasteiger partial charge on any atom is -0.496 e. The molecule has 1 aromatic carbocycles. The summed E-state index contributed by atoms with van der Waals surface area (Å²) in [5, 5.41) is 1.99. The van der Waals surface area contributed by atoms with E-state index >= 15 is 0 Å². The summed E-state index contributed by atoms with van der Waals surface area (Å²) in [6, 6.07) is 7.71. The predicted octanol–water partition coefficient (Wildman–Crippen LogP) is 2.47. The first kappa shape index (κ1) is 9.86. The van der Waals surface area contributed by atoms with Crippen LogP contribution in [0.5, 0.6) is 5.75 Å². The lowest BCUT2D eigenvalue weighted by Crippen LogP contribution is -2.01. The number of nitrogens with zero attached hydrogens (tertiary/aromatic N) is 1. The van der Waals surface area contributed by atoms with Gasteiger partial charge in [-0.05, 0) is 12.1 Å². The molecule has 0 saturated heterocycles. The van der Waals surface area contributed by atoms with E-state index in [-0.39, 0.29) is 0 Å². The van der Waals surface area contributed by atoms with Gasteiger partial charge in [-0.25, -0.2) is 0 Å². The van der Waals surface area contributed by atoms with E-state index in [0.717, 1.165) is 11.3 Å². The molecular formula is C11H12N2OS. The molecule has 0 atom stereocenters. The Morgan fingerprint density at radius 1 is 1.47 bits per heavy atom. The molecule has 0 aliphatic heterocycles. The maximum absolute atomic E-state index is 5.97. The van der Waals surface area contributed by atoms with Gasteiger partial charge in [0.05, 0.1) is 12.8 Å². The summed E-state index contributed by atoms with van der Waals surface area (Å²) in [5.74, 6) is 0.792. The Hall–Kier alpha value is -1.68. The third-order valence-corrected chi connectivity index (χ3v) is 2.79. The first-order chi connectivity index (χ1) is 7.31. The number of methoxy groups -OCH3 is 1. The van der Waals surface area contributed by atoms with Gasteiger partial charge in [-0.3, -0.25) is 3.96 Å². The van der Waals surface area contributed by atoms with Gasteiger partial charge >= 0.3 is 0 Å². The molecule has 15 heavy (non-hydrogen) atoms. The molecule has 1 heterocycles. The molecular weight excluding hydrogens is 208 g/mol. The van der Waals surface area contributed by atoms with Crippen molar-refractivity contribution in [3.8, 4) is 5.75 Å². The van der Waals surface area contributed by atoms with Crippen LogP contribution in [0, 0.1) is 0 Å². The molecule has 0 aliphatic carbocycles. The highest BCUT2D eigenvalue weighted by molar-refractivity contribution is 7.05. The van der Waals surface area contributed by atoms with Gasteiger partial charge in [-0.2, -0.15) is 0 Å². The number of hydrogen-bond acceptors (Lipinski definition) is 3. The topological polar surface area (TPSA) is 40.2 Å². The molecule has 2 N–H and O–H groups in total. The summed E-state index contributed by atoms with van der Waals surface area (Å²) in [4.78, 5) is 0. The molecule has 3 nitrogen and oxygen atoms in total. The molecule has 0 fully saturated rings. The van der Waals surface area contributed by atoms with E-state index in [0.29, 0.717) is 5.70 Å². The summed E-state index contributed by atoms with van der Waals surface area (Å²) in [5.41, 5.74) is 7.59. The number of nitrogens with two attached hydrogens (primary N) is 1. The maximum Gasteiger partial charge on any atom is 0.128 e. The Morgan fingerprint density at radius 3 is 2.80 bits per heavy atom. The van der Waals surface area contributed by atoms with Crippen molar-refractivity contribution in [1.29, 1.82) is 0 Å². The third kappa shape index (κ3) is 2.05. The Bertz CT molecular complexity index is 461. The van der Waals surface area contributed by atoms with E-state index in [2.05, 4.69) is 0 Å². The lowest BCUT2D eigenvalue weighted by atomic mass is 10.1. The highest BCUT2D eigenvalue weighted by Gasteiger charge is 2.04. The van der Waals surface area contributed by atoms with Crippen LogP contribution in [0.15, 0.2) is 35.8 Å². The zero-order valence-electron chi connectivity index (χ0n) is 8.38. The molecule has 0 spiro atoms. The largest absolute Gasteiger partial charge is 0.496 e. The number of para-hydroxylation sites is 1. The Balaban J connectivity index is 2.34. The quantitative estimate of drug-likeness (QED) is 0.863. The molecule has 78 valence electrons. The van der Waals surface area contributed by atoms with E-state index in [4.69, 9.17) is 10.5 Å². The van der Waals surface area contributed by atoms with Gasteiger partial charge in [0, 0.05) is 23.3 Å². The third-order valence-electron chi connectivity index (χ3n) is 2.07. The van der Waals surface area contributed by atoms with Crippen molar-refractivity contribution in [1.82, 2.24) is 3.96 Å². The summed E-state index contributed by atoms with van der Waals surface area (Å²) < 4.78 is 7.18. The molecule has 1 aromatic heterocycles. The Labute approximate surface area is 92.5 Å². The number of benzene rings is 1. The van der Waals surface area contributed by atoms with Crippen LogP contribution in [-0.2, 0) is 0 Å². The van der Waals surface area contributed by atoms with Gasteiger partial charge in [0.25, 0.3) is 0 Å². The average molecular weight is 220 g/mol. The summed E-state index contributed by atoms with van der Waals surface area (Å²) in [6.45, 7) is 0. The van der Waals surface area contributed by atoms with Crippen LogP contribution >= 0.6 is 11.5 Å². The second-order valence-electron chi connectivity index (χ2n) is 3.04. The number of hydrogen-bond donors (Lipinski definition) is 1. The van der Waals surface area contributed by atoms with E-state index in [1.54, 1.807) is 18.6 Å². The Morgan fingerprint density at radius 2 is 2.20 bits per heavy atom. The molecule has 0 amide bonds. The van der Waals surface area contributed by atoms with Crippen LogP contribution in [0.2, 0.25) is 0 Å². The zero-order valence-corrected chi connectivity index (χ0v) is 9.20. The lowest BCUT2D eigenvalue weighted by molar-refractivity contribution is 0.413. The van der Waals surface area contributed by atoms with Crippen LogP contribution in [0.4, 0.5) is 0 Å². The smallest absolute Gasteiger partial charge is 0.128 e. The summed E-state index contributed by atoms with van der Waals surface area (Å²) in [7, 11) is 1.64. The molecule has 0 unspecified atom stereocenters. The minimum absolute atomic E-state index is 0.698. The van der Waals surface area contributed by atoms with Gasteiger partial charge in [-0.15, -0.1) is 0 Å². The van der Waals surface area contributed by atoms with E-state index in [1.807, 2.05) is 46.0 Å². The maximum atomic E-state index is 5.97. The van der Waals surface area contributed by atoms with Crippen molar-refractivity contribution in [2.24, 2.45) is 5.73 Å². The normalized spacial score (nSPS) is 11.7. The van der Waals surface area contributed by atoms with Crippen molar-refractivity contribution in [3.05, 3.63) is 41.4 Å². The van der Waals surface area contributed by atoms with Crippen LogP contribution in [-0.4, -0.2) is 11.1 Å². The molecule has 0 saturated carbocycles. The van der Waals surface area contributed by atoms with Gasteiger partial charge < -0.3 is 10.5 Å². The van der Waals surface area contributed by atoms with Crippen LogP contribution < -0.4 is 10.5 Å². The highest BCUT2D eigenvalue weighted by Crippen LogP contribution is 2.23. The highest BCUT2D eigenvalue weighted by atomic mass is 32.1. The van der Waals surface area contributed by atoms with Gasteiger partial charge in [0.1, 0.15) is 5.75 Å². The van der Waals surface area contributed by atoms with Crippen LogP contribution in [0.1, 0.15) is 5.56 Å². The second kappa shape index (κ2) is 4.23. The Kier molecular flexibility index (Phi) is 2.78. The monoisotopic (exact) mass is 220 g/mol. The molecule has 4 heteroatoms. The number of aromatic nitrogens is 1. The van der Waals surface area contributed by atoms with Crippen molar-refractivity contribution in [2.45, 2.75) is 0 Å². The summed E-state index contributed by atoms with van der Waals surface area (Å²) in [6.07, 6.45) is 3.83. The molecule has 0 aliphatic rings. The van der Waals surface area contributed by atoms with Crippen molar-refractivity contribution in [3.63, 3.8) is 0 Å². The predicted molar refractivity (Wildman–Crippen MR) is 63.7 cm³/mol. The van der Waals surface area contributed by atoms with Crippen LogP contribution in [0.25, 0.3) is 11.9 Å². The van der Waals surface area contributed by atoms with Gasteiger partial charge in [-0.1, -0.05) is 23.7 Å².